The third kappa shape index (κ3) is 6.42. The van der Waals surface area contributed by atoms with Crippen molar-refractivity contribution in [3.63, 3.8) is 0 Å². The van der Waals surface area contributed by atoms with Crippen LogP contribution in [0.2, 0.25) is 0 Å². The predicted octanol–water partition coefficient (Wildman–Crippen LogP) is 6.32. The maximum atomic E-state index is 5.63. The van der Waals surface area contributed by atoms with Crippen molar-refractivity contribution in [2.75, 3.05) is 5.73 Å². The summed E-state index contributed by atoms with van der Waals surface area (Å²) in [4.78, 5) is 4.25. The molecule has 0 spiro atoms. The van der Waals surface area contributed by atoms with Crippen molar-refractivity contribution in [3.8, 4) is 0 Å². The van der Waals surface area contributed by atoms with Gasteiger partial charge in [0.2, 0.25) is 0 Å². The number of hydrogen-bond acceptors (Lipinski definition) is 3. The van der Waals surface area contributed by atoms with E-state index in [9.17, 15) is 0 Å². The fourth-order valence-electron chi connectivity index (χ4n) is 3.54. The molecule has 0 saturated heterocycles. The number of nitrogens with one attached hydrogen (secondary N) is 1. The average molecular weight is 366 g/mol. The third-order valence-corrected chi connectivity index (χ3v) is 5.45. The third-order valence-electron chi connectivity index (χ3n) is 5.45. The number of nitrogens with two attached hydrogens (primary N) is 1. The molecule has 2 aliphatic rings. The van der Waals surface area contributed by atoms with Gasteiger partial charge in [-0.2, -0.15) is 0 Å². The molecule has 1 heterocycles. The maximum absolute atomic E-state index is 5.63. The fourth-order valence-corrected chi connectivity index (χ4v) is 3.54. The first-order valence-electron chi connectivity index (χ1n) is 10.0. The van der Waals surface area contributed by atoms with Crippen molar-refractivity contribution in [2.45, 2.75) is 65.8 Å². The van der Waals surface area contributed by atoms with Gasteiger partial charge in [-0.05, 0) is 69.7 Å². The minimum Gasteiger partial charge on any atom is -0.399 e. The fraction of sp³-hybridized carbons (Fsp3) is 0.458. The largest absolute Gasteiger partial charge is 0.399 e. The van der Waals surface area contributed by atoms with Crippen LogP contribution in [0.15, 0.2) is 65.0 Å². The molecule has 1 aliphatic carbocycles. The summed E-state index contributed by atoms with van der Waals surface area (Å²) in [5.41, 5.74) is 12.9. The van der Waals surface area contributed by atoms with Crippen LogP contribution < -0.4 is 11.1 Å². The number of anilines is 1. The number of nitrogens with zero attached hydrogens (tertiary/aromatic N) is 1. The van der Waals surface area contributed by atoms with Gasteiger partial charge in [0.25, 0.3) is 0 Å². The minimum absolute atomic E-state index is 0.181. The summed E-state index contributed by atoms with van der Waals surface area (Å²) < 4.78 is 0. The van der Waals surface area contributed by atoms with Gasteiger partial charge in [0.15, 0.2) is 0 Å². The van der Waals surface area contributed by atoms with Crippen molar-refractivity contribution >= 4 is 11.4 Å². The van der Waals surface area contributed by atoms with Gasteiger partial charge < -0.3 is 11.1 Å². The van der Waals surface area contributed by atoms with E-state index in [1.165, 1.54) is 54.4 Å². The van der Waals surface area contributed by atoms with E-state index in [0.29, 0.717) is 0 Å². The molecule has 3 nitrogen and oxygen atoms in total. The van der Waals surface area contributed by atoms with Gasteiger partial charge in [0.1, 0.15) is 0 Å². The molecule has 3 heteroatoms. The van der Waals surface area contributed by atoms with E-state index in [0.717, 1.165) is 17.3 Å². The smallest absolute Gasteiger partial charge is 0.0893 e. The van der Waals surface area contributed by atoms with Crippen molar-refractivity contribution in [1.29, 1.82) is 0 Å². The Morgan fingerprint density at radius 1 is 1.19 bits per heavy atom. The lowest BCUT2D eigenvalue weighted by Crippen LogP contribution is -2.24. The Labute approximate surface area is 165 Å². The Hall–Kier alpha value is -2.29. The first kappa shape index (κ1) is 21.0. The molecule has 0 aromatic heterocycles. The van der Waals surface area contributed by atoms with E-state index in [-0.39, 0.29) is 6.04 Å². The second kappa shape index (κ2) is 10.1. The molecule has 3 N–H and O–H groups in total. The van der Waals surface area contributed by atoms with Gasteiger partial charge in [-0.25, -0.2) is 0 Å². The minimum atomic E-state index is 0.181. The van der Waals surface area contributed by atoms with Crippen LogP contribution in [-0.4, -0.2) is 5.71 Å². The zero-order valence-corrected chi connectivity index (χ0v) is 17.4. The number of benzene rings is 1. The Kier molecular flexibility index (Phi) is 7.90. The van der Waals surface area contributed by atoms with Crippen molar-refractivity contribution in [2.24, 2.45) is 10.9 Å². The quantitative estimate of drug-likeness (QED) is 0.473. The standard InChI is InChI=1S/C13H22.C11H13N3/c1-10(2)13(11(3)4)9-8-12-6-5-7-12;1-8-11(14-7-6-13-8)9-2-4-10(12)5-3-9/h12H,1,5-9H2,2-4H3;2-7,11,14H,12H2,1H3. The highest BCUT2D eigenvalue weighted by atomic mass is 15.0. The molecule has 3 rings (SSSR count). The molecule has 1 aliphatic heterocycles. The van der Waals surface area contributed by atoms with Crippen molar-refractivity contribution in [3.05, 3.63) is 65.5 Å². The van der Waals surface area contributed by atoms with Gasteiger partial charge >= 0.3 is 0 Å². The Bertz CT molecular complexity index is 714. The van der Waals surface area contributed by atoms with E-state index in [1.807, 2.05) is 37.4 Å². The van der Waals surface area contributed by atoms with Crippen LogP contribution in [0.5, 0.6) is 0 Å². The molecular formula is C24H35N3. The summed E-state index contributed by atoms with van der Waals surface area (Å²) >= 11 is 0. The average Bonchev–Trinajstić information content (AvgIpc) is 2.58. The molecule has 0 bridgehead atoms. The Morgan fingerprint density at radius 3 is 2.33 bits per heavy atom. The summed E-state index contributed by atoms with van der Waals surface area (Å²) in [5.74, 6) is 1.02. The normalized spacial score (nSPS) is 18.4. The van der Waals surface area contributed by atoms with E-state index >= 15 is 0 Å². The lowest BCUT2D eigenvalue weighted by Gasteiger charge is -2.26. The molecule has 0 amide bonds. The van der Waals surface area contributed by atoms with Crippen LogP contribution in [0.3, 0.4) is 0 Å². The first-order chi connectivity index (χ1) is 12.9. The van der Waals surface area contributed by atoms with E-state index in [1.54, 1.807) is 6.20 Å². The van der Waals surface area contributed by atoms with Gasteiger partial charge in [-0.15, -0.1) is 0 Å². The molecule has 1 atom stereocenters. The summed E-state index contributed by atoms with van der Waals surface area (Å²) in [6.07, 6.45) is 10.6. The summed E-state index contributed by atoms with van der Waals surface area (Å²) in [5, 5.41) is 3.25. The van der Waals surface area contributed by atoms with E-state index < -0.39 is 0 Å². The lowest BCUT2D eigenvalue weighted by molar-refractivity contribution is 0.296. The Morgan fingerprint density at radius 2 is 1.85 bits per heavy atom. The first-order valence-corrected chi connectivity index (χ1v) is 10.0. The SMILES string of the molecule is C=C(C)C(CCC1CCC1)=C(C)C.CC1=NC=CNC1c1ccc(N)cc1. The number of hydrogen-bond donors (Lipinski definition) is 2. The molecule has 1 unspecified atom stereocenters. The van der Waals surface area contributed by atoms with Gasteiger partial charge in [0, 0.05) is 23.8 Å². The van der Waals surface area contributed by atoms with Crippen LogP contribution in [0.1, 0.15) is 71.4 Å². The summed E-state index contributed by atoms with van der Waals surface area (Å²) in [6.45, 7) is 12.6. The highest BCUT2D eigenvalue weighted by Gasteiger charge is 2.17. The van der Waals surface area contributed by atoms with Gasteiger partial charge in [-0.3, -0.25) is 4.99 Å². The number of allylic oxidation sites excluding steroid dienone is 3. The van der Waals surface area contributed by atoms with E-state index in [4.69, 9.17) is 5.73 Å². The van der Waals surface area contributed by atoms with Crippen LogP contribution in [0.25, 0.3) is 0 Å². The molecule has 1 saturated carbocycles. The molecular weight excluding hydrogens is 330 g/mol. The zero-order chi connectivity index (χ0) is 19.8. The summed E-state index contributed by atoms with van der Waals surface area (Å²) in [6, 6.07) is 8.03. The topological polar surface area (TPSA) is 50.4 Å². The number of rotatable bonds is 5. The number of nitrogen functional groups attached to an aromatic ring is 1. The highest BCUT2D eigenvalue weighted by molar-refractivity contribution is 5.89. The molecule has 1 fully saturated rings. The van der Waals surface area contributed by atoms with E-state index in [2.05, 4.69) is 37.7 Å². The van der Waals surface area contributed by atoms with Crippen LogP contribution in [0.4, 0.5) is 5.69 Å². The monoisotopic (exact) mass is 365 g/mol. The Balaban J connectivity index is 0.000000194. The molecule has 146 valence electrons. The molecule has 0 radical (unpaired) electrons. The molecule has 1 aromatic carbocycles. The van der Waals surface area contributed by atoms with Gasteiger partial charge in [-0.1, -0.05) is 49.1 Å². The second-order valence-corrected chi connectivity index (χ2v) is 7.95. The van der Waals surface area contributed by atoms with Crippen LogP contribution in [-0.2, 0) is 0 Å². The van der Waals surface area contributed by atoms with Crippen LogP contribution in [0, 0.1) is 5.92 Å². The van der Waals surface area contributed by atoms with Crippen molar-refractivity contribution in [1.82, 2.24) is 5.32 Å². The zero-order valence-electron chi connectivity index (χ0n) is 17.4. The predicted molar refractivity (Wildman–Crippen MR) is 119 cm³/mol. The summed E-state index contributed by atoms with van der Waals surface area (Å²) in [7, 11) is 0. The number of aliphatic imine (C=N–C) groups is 1. The maximum Gasteiger partial charge on any atom is 0.0893 e. The second-order valence-electron chi connectivity index (χ2n) is 7.95. The van der Waals surface area contributed by atoms with Crippen molar-refractivity contribution < 1.29 is 0 Å². The molecule has 1 aromatic rings. The van der Waals surface area contributed by atoms with Crippen LogP contribution >= 0.6 is 0 Å². The molecule has 27 heavy (non-hydrogen) atoms. The highest BCUT2D eigenvalue weighted by Crippen LogP contribution is 2.33. The lowest BCUT2D eigenvalue weighted by atomic mass is 9.80. The van der Waals surface area contributed by atoms with Gasteiger partial charge in [0.05, 0.1) is 6.04 Å².